The summed E-state index contributed by atoms with van der Waals surface area (Å²) in [5.41, 5.74) is 5.37. The fourth-order valence-corrected chi connectivity index (χ4v) is 1.49. The molecule has 15 heavy (non-hydrogen) atoms. The molecule has 1 heterocycles. The van der Waals surface area contributed by atoms with Gasteiger partial charge < -0.3 is 20.9 Å². The minimum atomic E-state index is -0.0584. The number of amides is 3. The molecule has 0 radical (unpaired) electrons. The summed E-state index contributed by atoms with van der Waals surface area (Å²) in [6.45, 7) is 2.57. The average molecular weight is 214 g/mol. The van der Waals surface area contributed by atoms with Gasteiger partial charge in [0.15, 0.2) is 0 Å². The Morgan fingerprint density at radius 2 is 2.33 bits per heavy atom. The van der Waals surface area contributed by atoms with Crippen LogP contribution >= 0.6 is 0 Å². The van der Waals surface area contributed by atoms with Gasteiger partial charge in [-0.2, -0.15) is 0 Å². The Balaban J connectivity index is 2.47. The van der Waals surface area contributed by atoms with Crippen LogP contribution in [0.1, 0.15) is 6.42 Å². The van der Waals surface area contributed by atoms with Gasteiger partial charge in [0.25, 0.3) is 0 Å². The maximum atomic E-state index is 11.8. The molecule has 6 heteroatoms. The molecule has 0 aromatic carbocycles. The summed E-state index contributed by atoms with van der Waals surface area (Å²) >= 11 is 0. The molecule has 0 bridgehead atoms. The zero-order valence-electron chi connectivity index (χ0n) is 9.03. The highest BCUT2D eigenvalue weighted by atomic mass is 16.2. The van der Waals surface area contributed by atoms with E-state index in [1.54, 1.807) is 16.8 Å². The lowest BCUT2D eigenvalue weighted by Crippen LogP contribution is -2.44. The molecular formula is C9H18N4O2. The zero-order chi connectivity index (χ0) is 11.3. The Morgan fingerprint density at radius 1 is 1.60 bits per heavy atom. The van der Waals surface area contributed by atoms with E-state index < -0.39 is 0 Å². The van der Waals surface area contributed by atoms with E-state index in [2.05, 4.69) is 5.32 Å². The molecule has 1 saturated heterocycles. The monoisotopic (exact) mass is 214 g/mol. The van der Waals surface area contributed by atoms with Crippen LogP contribution in [0.2, 0.25) is 0 Å². The third-order valence-electron chi connectivity index (χ3n) is 2.37. The van der Waals surface area contributed by atoms with Gasteiger partial charge in [-0.3, -0.25) is 4.79 Å². The first-order valence-corrected chi connectivity index (χ1v) is 5.12. The van der Waals surface area contributed by atoms with Gasteiger partial charge in [-0.1, -0.05) is 0 Å². The number of nitrogens with zero attached hydrogens (tertiary/aromatic N) is 2. The zero-order valence-corrected chi connectivity index (χ0v) is 9.03. The van der Waals surface area contributed by atoms with Gasteiger partial charge in [-0.15, -0.1) is 0 Å². The predicted molar refractivity (Wildman–Crippen MR) is 56.3 cm³/mol. The van der Waals surface area contributed by atoms with Crippen molar-refractivity contribution < 1.29 is 9.59 Å². The van der Waals surface area contributed by atoms with Gasteiger partial charge in [0.05, 0.1) is 0 Å². The Hall–Kier alpha value is -1.30. The minimum absolute atomic E-state index is 0.00628. The fraction of sp³-hybridized carbons (Fsp3) is 0.778. The summed E-state index contributed by atoms with van der Waals surface area (Å²) in [7, 11) is 1.72. The lowest BCUT2D eigenvalue weighted by molar-refractivity contribution is -0.120. The first-order chi connectivity index (χ1) is 7.15. The van der Waals surface area contributed by atoms with Crippen LogP contribution in [-0.4, -0.2) is 61.5 Å². The molecule has 3 amide bonds. The minimum Gasteiger partial charge on any atom is -0.354 e. The lowest BCUT2D eigenvalue weighted by atomic mass is 10.4. The number of hydrogen-bond donors (Lipinski definition) is 2. The quantitative estimate of drug-likeness (QED) is 0.607. The molecule has 1 rings (SSSR count). The van der Waals surface area contributed by atoms with E-state index in [-0.39, 0.29) is 11.9 Å². The summed E-state index contributed by atoms with van der Waals surface area (Å²) in [5, 5.41) is 2.72. The van der Waals surface area contributed by atoms with Crippen LogP contribution in [0.3, 0.4) is 0 Å². The van der Waals surface area contributed by atoms with Crippen molar-refractivity contribution in [2.45, 2.75) is 6.42 Å². The number of nitrogens with two attached hydrogens (primary N) is 1. The maximum absolute atomic E-state index is 11.8. The van der Waals surface area contributed by atoms with Crippen molar-refractivity contribution in [3.05, 3.63) is 0 Å². The Bertz CT molecular complexity index is 244. The van der Waals surface area contributed by atoms with Gasteiger partial charge in [0.2, 0.25) is 5.91 Å². The largest absolute Gasteiger partial charge is 0.354 e. The van der Waals surface area contributed by atoms with E-state index in [1.165, 1.54) is 0 Å². The van der Waals surface area contributed by atoms with Crippen molar-refractivity contribution in [3.8, 4) is 0 Å². The van der Waals surface area contributed by atoms with Crippen LogP contribution in [0.5, 0.6) is 0 Å². The van der Waals surface area contributed by atoms with E-state index in [1.807, 2.05) is 0 Å². The van der Waals surface area contributed by atoms with E-state index in [9.17, 15) is 9.59 Å². The molecule has 0 atom stereocenters. The van der Waals surface area contributed by atoms with Crippen LogP contribution in [0, 0.1) is 0 Å². The molecule has 1 aliphatic rings. The summed E-state index contributed by atoms with van der Waals surface area (Å²) in [6, 6.07) is -0.0584. The van der Waals surface area contributed by atoms with Crippen molar-refractivity contribution in [1.82, 2.24) is 15.1 Å². The smallest absolute Gasteiger partial charge is 0.319 e. The highest BCUT2D eigenvalue weighted by Crippen LogP contribution is 2.00. The average Bonchev–Trinajstić information content (AvgIpc) is 2.42. The number of hydrogen-bond acceptors (Lipinski definition) is 3. The Kier molecular flexibility index (Phi) is 4.36. The summed E-state index contributed by atoms with van der Waals surface area (Å²) in [4.78, 5) is 26.1. The van der Waals surface area contributed by atoms with Crippen LogP contribution in [0.4, 0.5) is 4.79 Å². The van der Waals surface area contributed by atoms with E-state index in [0.717, 1.165) is 0 Å². The predicted octanol–water partition coefficient (Wildman–Crippen LogP) is -1.18. The van der Waals surface area contributed by atoms with Crippen molar-refractivity contribution in [2.75, 3.05) is 39.8 Å². The summed E-state index contributed by atoms with van der Waals surface area (Å²) in [5.74, 6) is 0.00628. The normalized spacial score (nSPS) is 16.9. The van der Waals surface area contributed by atoms with E-state index in [0.29, 0.717) is 39.1 Å². The molecule has 1 fully saturated rings. The Labute approximate surface area is 89.4 Å². The summed E-state index contributed by atoms with van der Waals surface area (Å²) < 4.78 is 0. The molecule has 86 valence electrons. The third kappa shape index (κ3) is 3.39. The van der Waals surface area contributed by atoms with Gasteiger partial charge >= 0.3 is 6.03 Å². The number of rotatable bonds is 2. The molecule has 0 spiro atoms. The van der Waals surface area contributed by atoms with Crippen LogP contribution in [-0.2, 0) is 4.79 Å². The lowest BCUT2D eigenvalue weighted by Gasteiger charge is -2.26. The van der Waals surface area contributed by atoms with Gasteiger partial charge in [-0.05, 0) is 0 Å². The first kappa shape index (κ1) is 11.8. The van der Waals surface area contributed by atoms with Crippen LogP contribution in [0.15, 0.2) is 0 Å². The number of carbonyl (C=O) groups excluding carboxylic acids is 2. The van der Waals surface area contributed by atoms with Crippen molar-refractivity contribution >= 4 is 11.9 Å². The number of nitrogens with one attached hydrogen (secondary N) is 1. The molecule has 0 aliphatic carbocycles. The van der Waals surface area contributed by atoms with Crippen LogP contribution in [0.25, 0.3) is 0 Å². The SMILES string of the molecule is CN(CCN)C(=O)N1CCNC(=O)CC1. The first-order valence-electron chi connectivity index (χ1n) is 5.12. The second-order valence-electron chi connectivity index (χ2n) is 3.58. The second-order valence-corrected chi connectivity index (χ2v) is 3.58. The summed E-state index contributed by atoms with van der Waals surface area (Å²) in [6.07, 6.45) is 0.377. The highest BCUT2D eigenvalue weighted by molar-refractivity contribution is 5.79. The molecule has 6 nitrogen and oxygen atoms in total. The van der Waals surface area contributed by atoms with Gasteiger partial charge in [0, 0.05) is 46.2 Å². The molecule has 0 aromatic rings. The Morgan fingerprint density at radius 3 is 3.00 bits per heavy atom. The van der Waals surface area contributed by atoms with Gasteiger partial charge in [-0.25, -0.2) is 4.79 Å². The number of likely N-dealkylation sites (N-methyl/N-ethyl adjacent to an activating group) is 1. The third-order valence-corrected chi connectivity index (χ3v) is 2.37. The molecule has 1 aliphatic heterocycles. The molecule has 0 aromatic heterocycles. The van der Waals surface area contributed by atoms with E-state index >= 15 is 0 Å². The van der Waals surface area contributed by atoms with Gasteiger partial charge in [0.1, 0.15) is 0 Å². The number of carbonyl (C=O) groups is 2. The second kappa shape index (κ2) is 5.55. The molecule has 0 unspecified atom stereocenters. The standard InChI is InChI=1S/C9H18N4O2/c1-12(6-3-10)9(15)13-5-2-8(14)11-4-7-13/h2-7,10H2,1H3,(H,11,14). The maximum Gasteiger partial charge on any atom is 0.319 e. The van der Waals surface area contributed by atoms with Crippen molar-refractivity contribution in [2.24, 2.45) is 5.73 Å². The molecular weight excluding hydrogens is 196 g/mol. The molecule has 0 saturated carbocycles. The topological polar surface area (TPSA) is 78.7 Å². The van der Waals surface area contributed by atoms with Crippen molar-refractivity contribution in [1.29, 1.82) is 0 Å². The number of urea groups is 1. The van der Waals surface area contributed by atoms with Crippen molar-refractivity contribution in [3.63, 3.8) is 0 Å². The highest BCUT2D eigenvalue weighted by Gasteiger charge is 2.20. The fourth-order valence-electron chi connectivity index (χ4n) is 1.49. The van der Waals surface area contributed by atoms with E-state index in [4.69, 9.17) is 5.73 Å². The van der Waals surface area contributed by atoms with Crippen LogP contribution < -0.4 is 11.1 Å². The molecule has 3 N–H and O–H groups in total.